The van der Waals surface area contributed by atoms with Crippen LogP contribution >= 0.6 is 23.2 Å². The van der Waals surface area contributed by atoms with Crippen LogP contribution in [0.3, 0.4) is 0 Å². The molecule has 3 rings (SSSR count). The van der Waals surface area contributed by atoms with Crippen molar-refractivity contribution in [2.45, 2.75) is 18.2 Å². The van der Waals surface area contributed by atoms with Crippen LogP contribution in [0.15, 0.2) is 18.3 Å². The fraction of sp³-hybridized carbons (Fsp3) is 0.385. The number of halogens is 5. The highest BCUT2D eigenvalue weighted by Gasteiger charge is 2.38. The Balaban J connectivity index is 1.95. The molecule has 0 radical (unpaired) electrons. The lowest BCUT2D eigenvalue weighted by Gasteiger charge is -2.35. The monoisotopic (exact) mass is 367 g/mol. The van der Waals surface area contributed by atoms with Crippen molar-refractivity contribution in [3.05, 3.63) is 39.6 Å². The number of ether oxygens (including phenoxy) is 1. The van der Waals surface area contributed by atoms with Crippen molar-refractivity contribution in [2.75, 3.05) is 13.2 Å². The van der Waals surface area contributed by atoms with E-state index in [4.69, 9.17) is 27.9 Å². The molecule has 1 aromatic heterocycles. The van der Waals surface area contributed by atoms with E-state index in [0.29, 0.717) is 5.69 Å². The van der Waals surface area contributed by atoms with Gasteiger partial charge in [-0.1, -0.05) is 28.4 Å². The van der Waals surface area contributed by atoms with Gasteiger partial charge in [-0.15, -0.1) is 5.10 Å². The van der Waals surface area contributed by atoms with Crippen molar-refractivity contribution in [3.8, 4) is 5.69 Å². The maximum atomic E-state index is 13.0. The Morgan fingerprint density at radius 2 is 2.00 bits per heavy atom. The molecule has 1 aliphatic rings. The van der Waals surface area contributed by atoms with Crippen LogP contribution in [-0.4, -0.2) is 38.9 Å². The van der Waals surface area contributed by atoms with Gasteiger partial charge in [-0.2, -0.15) is 13.2 Å². The van der Waals surface area contributed by atoms with Crippen molar-refractivity contribution in [3.63, 3.8) is 0 Å². The molecule has 1 saturated heterocycles. The van der Waals surface area contributed by atoms with Gasteiger partial charge in [0, 0.05) is 6.42 Å². The highest BCUT2D eigenvalue weighted by Crippen LogP contribution is 2.41. The minimum absolute atomic E-state index is 0.000934. The first-order valence-electron chi connectivity index (χ1n) is 6.46. The molecule has 0 saturated carbocycles. The first-order valence-corrected chi connectivity index (χ1v) is 7.22. The molecule has 0 aliphatic carbocycles. The van der Waals surface area contributed by atoms with E-state index in [1.54, 1.807) is 0 Å². The maximum Gasteiger partial charge on any atom is 0.419 e. The lowest BCUT2D eigenvalue weighted by atomic mass is 9.96. The normalized spacial score (nSPS) is 17.1. The number of alkyl halides is 3. The number of aromatic nitrogens is 3. The van der Waals surface area contributed by atoms with Gasteiger partial charge in [0.1, 0.15) is 5.60 Å². The minimum Gasteiger partial charge on any atom is -0.385 e. The van der Waals surface area contributed by atoms with Crippen molar-refractivity contribution in [1.29, 1.82) is 0 Å². The van der Waals surface area contributed by atoms with Crippen LogP contribution in [0.25, 0.3) is 5.69 Å². The molecule has 1 fully saturated rings. The third kappa shape index (κ3) is 3.16. The van der Waals surface area contributed by atoms with Gasteiger partial charge in [-0.05, 0) is 12.1 Å². The van der Waals surface area contributed by atoms with Gasteiger partial charge >= 0.3 is 6.18 Å². The number of hydrogen-bond donors (Lipinski definition) is 1. The first-order chi connectivity index (χ1) is 10.7. The average Bonchev–Trinajstić information content (AvgIpc) is 2.83. The maximum absolute atomic E-state index is 13.0. The molecule has 0 spiro atoms. The average molecular weight is 368 g/mol. The molecule has 0 atom stereocenters. The standard InChI is InChI=1S/C13H10Cl2F3N3O2/c14-8-1-2-9(11(15)10(8)13(16,17)18)21-4-7(19-20-21)3-12(22)5-23-6-12/h1-2,4,22H,3,5-6H2. The predicted octanol–water partition coefficient (Wildman–Crippen LogP) is 2.90. The summed E-state index contributed by atoms with van der Waals surface area (Å²) in [6, 6.07) is 2.42. The molecule has 0 unspecified atom stereocenters. The molecule has 1 N–H and O–H groups in total. The second-order valence-corrected chi connectivity index (χ2v) is 6.09. The second-order valence-electron chi connectivity index (χ2n) is 5.30. The number of nitrogens with zero attached hydrogens (tertiary/aromatic N) is 3. The first kappa shape index (κ1) is 16.5. The van der Waals surface area contributed by atoms with Gasteiger partial charge in [0.25, 0.3) is 0 Å². The Morgan fingerprint density at radius 3 is 2.57 bits per heavy atom. The lowest BCUT2D eigenvalue weighted by Crippen LogP contribution is -2.51. The van der Waals surface area contributed by atoms with Crippen molar-refractivity contribution >= 4 is 23.2 Å². The van der Waals surface area contributed by atoms with E-state index in [-0.39, 0.29) is 25.3 Å². The number of aliphatic hydroxyl groups is 1. The van der Waals surface area contributed by atoms with Gasteiger partial charge in [-0.25, -0.2) is 4.68 Å². The van der Waals surface area contributed by atoms with Crippen LogP contribution in [0.2, 0.25) is 10.0 Å². The van der Waals surface area contributed by atoms with E-state index < -0.39 is 27.4 Å². The van der Waals surface area contributed by atoms with Crippen LogP contribution in [0.4, 0.5) is 13.2 Å². The molecule has 1 aromatic carbocycles. The summed E-state index contributed by atoms with van der Waals surface area (Å²) < 4.78 is 45.1. The predicted molar refractivity (Wildman–Crippen MR) is 75.9 cm³/mol. The molecule has 10 heteroatoms. The molecular weight excluding hydrogens is 358 g/mol. The highest BCUT2D eigenvalue weighted by molar-refractivity contribution is 6.37. The molecule has 0 bridgehead atoms. The van der Waals surface area contributed by atoms with Crippen LogP contribution in [-0.2, 0) is 17.3 Å². The van der Waals surface area contributed by atoms with Gasteiger partial charge in [0.05, 0.1) is 46.4 Å². The SMILES string of the molecule is OC1(Cc2cn(-c3ccc(Cl)c(C(F)(F)F)c3Cl)nn2)COC1. The fourth-order valence-electron chi connectivity index (χ4n) is 2.25. The van der Waals surface area contributed by atoms with Gasteiger partial charge in [-0.3, -0.25) is 0 Å². The molecule has 0 amide bonds. The van der Waals surface area contributed by atoms with Crippen molar-refractivity contribution in [2.24, 2.45) is 0 Å². The molecular formula is C13H10Cl2F3N3O2. The van der Waals surface area contributed by atoms with E-state index >= 15 is 0 Å². The Bertz CT molecular complexity index is 745. The molecule has 1 aliphatic heterocycles. The second kappa shape index (κ2) is 5.62. The van der Waals surface area contributed by atoms with E-state index in [2.05, 4.69) is 10.3 Å². The summed E-state index contributed by atoms with van der Waals surface area (Å²) >= 11 is 11.4. The fourth-order valence-corrected chi connectivity index (χ4v) is 2.92. The molecule has 2 heterocycles. The molecule has 23 heavy (non-hydrogen) atoms. The zero-order chi connectivity index (χ0) is 16.8. The van der Waals surface area contributed by atoms with Crippen LogP contribution < -0.4 is 0 Å². The van der Waals surface area contributed by atoms with Gasteiger partial charge in [0.15, 0.2) is 0 Å². The van der Waals surface area contributed by atoms with Gasteiger partial charge < -0.3 is 9.84 Å². The third-order valence-corrected chi connectivity index (χ3v) is 4.09. The van der Waals surface area contributed by atoms with Crippen LogP contribution in [0.5, 0.6) is 0 Å². The lowest BCUT2D eigenvalue weighted by molar-refractivity contribution is -0.177. The summed E-state index contributed by atoms with van der Waals surface area (Å²) in [5, 5.41) is 16.5. The summed E-state index contributed by atoms with van der Waals surface area (Å²) in [6.45, 7) is 0.361. The van der Waals surface area contributed by atoms with Crippen molar-refractivity contribution in [1.82, 2.24) is 15.0 Å². The topological polar surface area (TPSA) is 60.2 Å². The van der Waals surface area contributed by atoms with E-state index in [1.807, 2.05) is 0 Å². The summed E-state index contributed by atoms with van der Waals surface area (Å²) in [6.07, 6.45) is -3.10. The van der Waals surface area contributed by atoms with Gasteiger partial charge in [0.2, 0.25) is 0 Å². The van der Waals surface area contributed by atoms with E-state index in [0.717, 1.165) is 10.7 Å². The smallest absolute Gasteiger partial charge is 0.385 e. The molecule has 5 nitrogen and oxygen atoms in total. The number of rotatable bonds is 3. The quantitative estimate of drug-likeness (QED) is 0.905. The van der Waals surface area contributed by atoms with Crippen LogP contribution in [0.1, 0.15) is 11.3 Å². The zero-order valence-electron chi connectivity index (χ0n) is 11.4. The van der Waals surface area contributed by atoms with E-state index in [9.17, 15) is 18.3 Å². The summed E-state index contributed by atoms with van der Waals surface area (Å²) in [4.78, 5) is 0. The summed E-state index contributed by atoms with van der Waals surface area (Å²) in [7, 11) is 0. The zero-order valence-corrected chi connectivity index (χ0v) is 13.0. The largest absolute Gasteiger partial charge is 0.419 e. The van der Waals surface area contributed by atoms with Crippen molar-refractivity contribution < 1.29 is 23.0 Å². The Labute approximate surface area is 138 Å². The molecule has 2 aromatic rings. The third-order valence-electron chi connectivity index (χ3n) is 3.39. The summed E-state index contributed by atoms with van der Waals surface area (Å²) in [5.74, 6) is 0. The number of benzene rings is 1. The minimum atomic E-state index is -4.69. The molecule has 124 valence electrons. The Kier molecular flexibility index (Phi) is 4.04. The van der Waals surface area contributed by atoms with E-state index in [1.165, 1.54) is 12.3 Å². The highest BCUT2D eigenvalue weighted by atomic mass is 35.5. The van der Waals surface area contributed by atoms with Crippen LogP contribution in [0, 0.1) is 0 Å². The number of hydrogen-bond acceptors (Lipinski definition) is 4. The Hall–Kier alpha value is -1.35. The Morgan fingerprint density at radius 1 is 1.30 bits per heavy atom. The summed E-state index contributed by atoms with van der Waals surface area (Å²) in [5.41, 5.74) is -1.72.